The molecule has 0 saturated carbocycles. The first-order valence-corrected chi connectivity index (χ1v) is 11.0. The summed E-state index contributed by atoms with van der Waals surface area (Å²) in [5, 5.41) is 7.71. The molecule has 1 aromatic heterocycles. The molecule has 8 nitrogen and oxygen atoms in total. The smallest absolute Gasteiger partial charge is 0.410 e. The number of carbonyl (C=O) groups is 2. The number of aryl methyl sites for hydroxylation is 2. The lowest BCUT2D eigenvalue weighted by Gasteiger charge is -2.40. The molecule has 1 aliphatic rings. The first-order valence-electron chi connectivity index (χ1n) is 10.7. The monoisotopic (exact) mass is 462 g/mol. The topological polar surface area (TPSA) is 85.7 Å². The summed E-state index contributed by atoms with van der Waals surface area (Å²) >= 11 is 5.99. The molecule has 174 valence electrons. The Morgan fingerprint density at radius 2 is 1.97 bits per heavy atom. The van der Waals surface area contributed by atoms with Crippen LogP contribution in [0.2, 0.25) is 5.02 Å². The van der Waals surface area contributed by atoms with Gasteiger partial charge in [0.2, 0.25) is 0 Å². The Kier molecular flexibility index (Phi) is 7.46. The largest absolute Gasteiger partial charge is 0.444 e. The number of rotatable bonds is 5. The first-order chi connectivity index (χ1) is 15.0. The van der Waals surface area contributed by atoms with Gasteiger partial charge in [-0.25, -0.2) is 4.79 Å². The second kappa shape index (κ2) is 9.92. The number of halogens is 1. The van der Waals surface area contributed by atoms with Crippen molar-refractivity contribution >= 4 is 23.6 Å². The summed E-state index contributed by atoms with van der Waals surface area (Å²) in [5.41, 5.74) is 1.69. The van der Waals surface area contributed by atoms with E-state index in [0.29, 0.717) is 30.3 Å². The van der Waals surface area contributed by atoms with Gasteiger partial charge in [0.25, 0.3) is 5.91 Å². The quantitative estimate of drug-likeness (QED) is 0.736. The Balaban J connectivity index is 1.66. The van der Waals surface area contributed by atoms with Crippen LogP contribution in [0.3, 0.4) is 0 Å². The summed E-state index contributed by atoms with van der Waals surface area (Å²) < 4.78 is 13.3. The Morgan fingerprint density at radius 3 is 2.56 bits per heavy atom. The number of aromatic nitrogens is 2. The van der Waals surface area contributed by atoms with Gasteiger partial charge in [0.15, 0.2) is 0 Å². The lowest BCUT2D eigenvalue weighted by atomic mass is 10.0. The third-order valence-electron chi connectivity index (χ3n) is 5.21. The number of ether oxygens (including phenoxy) is 2. The van der Waals surface area contributed by atoms with Crippen molar-refractivity contribution in [1.82, 2.24) is 20.0 Å². The van der Waals surface area contributed by atoms with Crippen LogP contribution in [0, 0.1) is 6.92 Å². The average molecular weight is 463 g/mol. The van der Waals surface area contributed by atoms with E-state index in [1.807, 2.05) is 52.0 Å². The van der Waals surface area contributed by atoms with Gasteiger partial charge in [0.05, 0.1) is 25.3 Å². The minimum atomic E-state index is -0.610. The molecule has 2 heterocycles. The SMILES string of the molecule is Cc1cc(C(=O)NC[C@H]2CN(C(=O)OC(C)(C)C)[C@@H](Cc3ccc(Cl)cc3)CO2)nn1C. The van der Waals surface area contributed by atoms with E-state index in [2.05, 4.69) is 10.4 Å². The normalized spacial score (nSPS) is 19.0. The average Bonchev–Trinajstić information content (AvgIpc) is 3.06. The Bertz CT molecular complexity index is 932. The van der Waals surface area contributed by atoms with Crippen molar-refractivity contribution in [2.24, 2.45) is 7.05 Å². The van der Waals surface area contributed by atoms with E-state index < -0.39 is 11.7 Å². The Morgan fingerprint density at radius 1 is 1.28 bits per heavy atom. The van der Waals surface area contributed by atoms with Gasteiger partial charge < -0.3 is 14.8 Å². The molecule has 1 N–H and O–H groups in total. The van der Waals surface area contributed by atoms with Crippen molar-refractivity contribution < 1.29 is 19.1 Å². The van der Waals surface area contributed by atoms with Crippen LogP contribution in [0.5, 0.6) is 0 Å². The fraction of sp³-hybridized carbons (Fsp3) is 0.522. The third-order valence-corrected chi connectivity index (χ3v) is 5.47. The summed E-state index contributed by atoms with van der Waals surface area (Å²) in [6.45, 7) is 8.32. The van der Waals surface area contributed by atoms with Crippen molar-refractivity contribution in [2.75, 3.05) is 19.7 Å². The van der Waals surface area contributed by atoms with Crippen molar-refractivity contribution in [2.45, 2.75) is 51.9 Å². The zero-order chi connectivity index (χ0) is 23.5. The Labute approximate surface area is 193 Å². The van der Waals surface area contributed by atoms with Crippen LogP contribution in [-0.2, 0) is 22.9 Å². The number of amides is 2. The minimum Gasteiger partial charge on any atom is -0.444 e. The van der Waals surface area contributed by atoms with Gasteiger partial charge in [-0.15, -0.1) is 0 Å². The molecule has 1 fully saturated rings. The van der Waals surface area contributed by atoms with E-state index in [1.54, 1.807) is 22.7 Å². The first kappa shape index (κ1) is 24.1. The number of carbonyl (C=O) groups excluding carboxylic acids is 2. The summed E-state index contributed by atoms with van der Waals surface area (Å²) in [4.78, 5) is 27.1. The van der Waals surface area contributed by atoms with E-state index in [-0.39, 0.29) is 24.6 Å². The molecule has 2 atom stereocenters. The van der Waals surface area contributed by atoms with Gasteiger partial charge in [0.1, 0.15) is 11.3 Å². The molecule has 3 rings (SSSR count). The van der Waals surface area contributed by atoms with Crippen LogP contribution in [-0.4, -0.2) is 64.1 Å². The van der Waals surface area contributed by atoms with Gasteiger partial charge >= 0.3 is 6.09 Å². The molecule has 1 aliphatic heterocycles. The molecule has 1 saturated heterocycles. The molecule has 2 aromatic rings. The van der Waals surface area contributed by atoms with E-state index in [0.717, 1.165) is 11.3 Å². The van der Waals surface area contributed by atoms with Crippen LogP contribution in [0.25, 0.3) is 0 Å². The zero-order valence-corrected chi connectivity index (χ0v) is 20.0. The highest BCUT2D eigenvalue weighted by Gasteiger charge is 2.35. The van der Waals surface area contributed by atoms with Crippen LogP contribution >= 0.6 is 11.6 Å². The highest BCUT2D eigenvalue weighted by atomic mass is 35.5. The fourth-order valence-corrected chi connectivity index (χ4v) is 3.58. The van der Waals surface area contributed by atoms with E-state index >= 15 is 0 Å². The number of nitrogens with zero attached hydrogens (tertiary/aromatic N) is 3. The second-order valence-corrected chi connectivity index (χ2v) is 9.51. The lowest BCUT2D eigenvalue weighted by Crippen LogP contribution is -2.56. The van der Waals surface area contributed by atoms with Gasteiger partial charge in [-0.3, -0.25) is 14.4 Å². The van der Waals surface area contributed by atoms with Crippen molar-refractivity contribution in [3.8, 4) is 0 Å². The third kappa shape index (κ3) is 6.46. The molecule has 0 bridgehead atoms. The predicted octanol–water partition coefficient (Wildman–Crippen LogP) is 3.36. The maximum absolute atomic E-state index is 12.9. The highest BCUT2D eigenvalue weighted by molar-refractivity contribution is 6.30. The molecule has 0 aliphatic carbocycles. The van der Waals surface area contributed by atoms with Crippen LogP contribution in [0.1, 0.15) is 42.5 Å². The lowest BCUT2D eigenvalue weighted by molar-refractivity contribution is -0.0676. The van der Waals surface area contributed by atoms with Crippen molar-refractivity contribution in [3.63, 3.8) is 0 Å². The minimum absolute atomic E-state index is 0.184. The van der Waals surface area contributed by atoms with Gasteiger partial charge in [-0.1, -0.05) is 23.7 Å². The fourth-order valence-electron chi connectivity index (χ4n) is 3.46. The molecule has 32 heavy (non-hydrogen) atoms. The zero-order valence-electron chi connectivity index (χ0n) is 19.2. The molecule has 2 amide bonds. The summed E-state index contributed by atoms with van der Waals surface area (Å²) in [7, 11) is 1.79. The molecule has 9 heteroatoms. The molecule has 0 radical (unpaired) electrons. The van der Waals surface area contributed by atoms with Crippen LogP contribution in [0.4, 0.5) is 4.79 Å². The standard InChI is InChI=1S/C23H31ClN4O4/c1-15-10-20(26-27(15)5)21(29)25-12-19-13-28(22(30)32-23(2,3)4)18(14-31-19)11-16-6-8-17(24)9-7-16/h6-10,18-19H,11-14H2,1-5H3,(H,25,29)/t18-,19-/m0/s1. The van der Waals surface area contributed by atoms with E-state index in [1.165, 1.54) is 0 Å². The number of hydrogen-bond acceptors (Lipinski definition) is 5. The van der Waals surface area contributed by atoms with Crippen molar-refractivity contribution in [3.05, 3.63) is 52.3 Å². The second-order valence-electron chi connectivity index (χ2n) is 9.08. The Hall–Kier alpha value is -2.58. The summed E-state index contributed by atoms with van der Waals surface area (Å²) in [6, 6.07) is 9.09. The molecular weight excluding hydrogens is 432 g/mol. The van der Waals surface area contributed by atoms with Crippen LogP contribution < -0.4 is 5.32 Å². The molecule has 0 spiro atoms. The molecule has 1 aromatic carbocycles. The number of nitrogens with one attached hydrogen (secondary N) is 1. The number of benzene rings is 1. The predicted molar refractivity (Wildman–Crippen MR) is 122 cm³/mol. The van der Waals surface area contributed by atoms with Crippen molar-refractivity contribution in [1.29, 1.82) is 0 Å². The maximum atomic E-state index is 12.9. The molecular formula is C23H31ClN4O4. The van der Waals surface area contributed by atoms with E-state index in [4.69, 9.17) is 21.1 Å². The summed E-state index contributed by atoms with van der Waals surface area (Å²) in [6.07, 6.45) is -0.128. The maximum Gasteiger partial charge on any atom is 0.410 e. The van der Waals surface area contributed by atoms with Gasteiger partial charge in [-0.2, -0.15) is 5.10 Å². The number of morpholine rings is 1. The molecule has 0 unspecified atom stereocenters. The highest BCUT2D eigenvalue weighted by Crippen LogP contribution is 2.21. The number of hydrogen-bond donors (Lipinski definition) is 1. The summed E-state index contributed by atoms with van der Waals surface area (Å²) in [5.74, 6) is -0.274. The van der Waals surface area contributed by atoms with Gasteiger partial charge in [0, 0.05) is 24.3 Å². The van der Waals surface area contributed by atoms with Gasteiger partial charge in [-0.05, 0) is 57.9 Å². The van der Waals surface area contributed by atoms with E-state index in [9.17, 15) is 9.59 Å². The van der Waals surface area contributed by atoms with Crippen LogP contribution in [0.15, 0.2) is 30.3 Å².